The van der Waals surface area contributed by atoms with Crippen molar-refractivity contribution in [2.24, 2.45) is 0 Å². The molecule has 3 rings (SSSR count). The molecule has 2 aromatic rings. The van der Waals surface area contributed by atoms with Gasteiger partial charge in [0.05, 0.1) is 6.42 Å². The van der Waals surface area contributed by atoms with E-state index < -0.39 is 0 Å². The highest BCUT2D eigenvalue weighted by atomic mass is 79.9. The van der Waals surface area contributed by atoms with Crippen LogP contribution in [0.1, 0.15) is 21.5 Å². The topological polar surface area (TPSA) is 71.1 Å². The van der Waals surface area contributed by atoms with Crippen LogP contribution in [-0.2, 0) is 11.2 Å². The first-order valence-corrected chi connectivity index (χ1v) is 7.18. The van der Waals surface area contributed by atoms with Gasteiger partial charge in [0.1, 0.15) is 5.82 Å². The summed E-state index contributed by atoms with van der Waals surface area (Å²) in [5, 5.41) is 5.51. The van der Waals surface area contributed by atoms with Gasteiger partial charge in [0, 0.05) is 21.9 Å². The molecule has 2 heterocycles. The lowest BCUT2D eigenvalue weighted by Gasteiger charge is -2.08. The fraction of sp³-hybridized carbons (Fsp3) is 0.133. The Bertz CT molecular complexity index is 759. The molecular formula is C15H12BrN3O2. The number of aryl methyl sites for hydroxylation is 1. The van der Waals surface area contributed by atoms with Gasteiger partial charge in [-0.2, -0.15) is 0 Å². The van der Waals surface area contributed by atoms with Crippen molar-refractivity contribution in [1.82, 2.24) is 4.98 Å². The average Bonchev–Trinajstić information content (AvgIpc) is 2.80. The zero-order valence-corrected chi connectivity index (χ0v) is 12.8. The highest BCUT2D eigenvalue weighted by Gasteiger charge is 2.19. The molecule has 0 saturated carbocycles. The monoisotopic (exact) mass is 345 g/mol. The summed E-state index contributed by atoms with van der Waals surface area (Å²) >= 11 is 3.33. The Labute approximate surface area is 129 Å². The molecule has 21 heavy (non-hydrogen) atoms. The molecule has 2 amide bonds. The molecule has 1 aliphatic rings. The van der Waals surface area contributed by atoms with Crippen LogP contribution >= 0.6 is 15.9 Å². The van der Waals surface area contributed by atoms with Crippen molar-refractivity contribution in [2.45, 2.75) is 13.3 Å². The summed E-state index contributed by atoms with van der Waals surface area (Å²) in [6.07, 6.45) is 2.00. The first-order chi connectivity index (χ1) is 10.0. The maximum Gasteiger partial charge on any atom is 0.256 e. The van der Waals surface area contributed by atoms with Crippen LogP contribution in [0.15, 0.2) is 34.9 Å². The molecule has 0 fully saturated rings. The summed E-state index contributed by atoms with van der Waals surface area (Å²) in [5.74, 6) is 0.220. The van der Waals surface area contributed by atoms with Crippen molar-refractivity contribution < 1.29 is 9.59 Å². The highest BCUT2D eigenvalue weighted by Crippen LogP contribution is 2.24. The number of benzene rings is 1. The summed E-state index contributed by atoms with van der Waals surface area (Å²) in [4.78, 5) is 27.8. The van der Waals surface area contributed by atoms with Gasteiger partial charge >= 0.3 is 0 Å². The molecule has 6 heteroatoms. The largest absolute Gasteiger partial charge is 0.326 e. The lowest BCUT2D eigenvalue weighted by Crippen LogP contribution is -2.14. The molecule has 0 spiro atoms. The normalized spacial score (nSPS) is 12.8. The van der Waals surface area contributed by atoms with Gasteiger partial charge in [-0.3, -0.25) is 9.59 Å². The second kappa shape index (κ2) is 5.29. The van der Waals surface area contributed by atoms with Gasteiger partial charge in [-0.25, -0.2) is 4.98 Å². The number of anilines is 2. The smallest absolute Gasteiger partial charge is 0.256 e. The van der Waals surface area contributed by atoms with Crippen molar-refractivity contribution in [3.63, 3.8) is 0 Å². The highest BCUT2D eigenvalue weighted by molar-refractivity contribution is 9.10. The Kier molecular flexibility index (Phi) is 3.47. The molecule has 0 radical (unpaired) electrons. The number of nitrogens with one attached hydrogen (secondary N) is 2. The van der Waals surface area contributed by atoms with Gasteiger partial charge in [-0.15, -0.1) is 0 Å². The molecule has 0 aliphatic carbocycles. The van der Waals surface area contributed by atoms with Crippen molar-refractivity contribution in [1.29, 1.82) is 0 Å². The van der Waals surface area contributed by atoms with E-state index in [4.69, 9.17) is 0 Å². The van der Waals surface area contributed by atoms with Crippen LogP contribution in [0.4, 0.5) is 11.5 Å². The summed E-state index contributed by atoms with van der Waals surface area (Å²) in [7, 11) is 0. The quantitative estimate of drug-likeness (QED) is 0.878. The van der Waals surface area contributed by atoms with E-state index in [0.29, 0.717) is 23.5 Å². The van der Waals surface area contributed by atoms with Crippen LogP contribution in [0.3, 0.4) is 0 Å². The number of carbonyl (C=O) groups is 2. The van der Waals surface area contributed by atoms with E-state index in [1.165, 1.54) is 0 Å². The van der Waals surface area contributed by atoms with Crippen molar-refractivity contribution in [2.75, 3.05) is 10.6 Å². The molecule has 1 aliphatic heterocycles. The third-order valence-electron chi connectivity index (χ3n) is 3.27. The van der Waals surface area contributed by atoms with Crippen LogP contribution in [0, 0.1) is 6.92 Å². The molecule has 106 valence electrons. The molecule has 0 bridgehead atoms. The van der Waals surface area contributed by atoms with Gasteiger partial charge in [-0.05, 0) is 52.2 Å². The molecule has 0 saturated heterocycles. The summed E-state index contributed by atoms with van der Waals surface area (Å²) in [6, 6.07) is 7.07. The minimum absolute atomic E-state index is 0.0482. The number of hydrogen-bond acceptors (Lipinski definition) is 3. The van der Waals surface area contributed by atoms with Crippen LogP contribution in [-0.4, -0.2) is 16.8 Å². The first kappa shape index (κ1) is 13.8. The Morgan fingerprint density at radius 1 is 1.38 bits per heavy atom. The second-order valence-electron chi connectivity index (χ2n) is 4.87. The Morgan fingerprint density at radius 3 is 2.95 bits per heavy atom. The molecule has 0 atom stereocenters. The molecule has 1 aromatic heterocycles. The third kappa shape index (κ3) is 2.80. The minimum Gasteiger partial charge on any atom is -0.326 e. The van der Waals surface area contributed by atoms with Crippen molar-refractivity contribution in [3.8, 4) is 0 Å². The zero-order valence-electron chi connectivity index (χ0n) is 11.2. The third-order valence-corrected chi connectivity index (χ3v) is 3.71. The van der Waals surface area contributed by atoms with Crippen LogP contribution in [0.25, 0.3) is 0 Å². The lowest BCUT2D eigenvalue weighted by molar-refractivity contribution is -0.115. The SMILES string of the molecule is Cc1cc(Br)cnc1NC(=O)c1ccc2c(c1)NC(=O)C2. The van der Waals surface area contributed by atoms with Gasteiger partial charge < -0.3 is 10.6 Å². The summed E-state index contributed by atoms with van der Waals surface area (Å²) < 4.78 is 0.859. The number of aromatic nitrogens is 1. The number of nitrogens with zero attached hydrogens (tertiary/aromatic N) is 1. The van der Waals surface area contributed by atoms with E-state index in [1.54, 1.807) is 24.4 Å². The number of amides is 2. The predicted octanol–water partition coefficient (Wildman–Crippen LogP) is 2.90. The van der Waals surface area contributed by atoms with Crippen LogP contribution in [0.2, 0.25) is 0 Å². The van der Waals surface area contributed by atoms with Crippen LogP contribution in [0.5, 0.6) is 0 Å². The standard InChI is InChI=1S/C15H12BrN3O2/c1-8-4-11(16)7-17-14(8)19-15(21)10-3-2-9-6-13(20)18-12(9)5-10/h2-5,7H,6H2,1H3,(H,18,20)(H,17,19,21). The molecule has 1 aromatic carbocycles. The van der Waals surface area contributed by atoms with Gasteiger partial charge in [-0.1, -0.05) is 6.07 Å². The minimum atomic E-state index is -0.253. The van der Waals surface area contributed by atoms with E-state index in [2.05, 4.69) is 31.5 Å². The van der Waals surface area contributed by atoms with Crippen molar-refractivity contribution >= 4 is 39.2 Å². The summed E-state index contributed by atoms with van der Waals surface area (Å²) in [6.45, 7) is 1.87. The number of halogens is 1. The van der Waals surface area contributed by atoms with E-state index in [9.17, 15) is 9.59 Å². The fourth-order valence-corrected chi connectivity index (χ4v) is 2.65. The van der Waals surface area contributed by atoms with Gasteiger partial charge in [0.15, 0.2) is 0 Å². The van der Waals surface area contributed by atoms with Crippen molar-refractivity contribution in [3.05, 3.63) is 51.6 Å². The zero-order chi connectivity index (χ0) is 15.0. The Hall–Kier alpha value is -2.21. The Morgan fingerprint density at radius 2 is 2.19 bits per heavy atom. The number of rotatable bonds is 2. The first-order valence-electron chi connectivity index (χ1n) is 6.39. The number of fused-ring (bicyclic) bond motifs is 1. The lowest BCUT2D eigenvalue weighted by atomic mass is 10.1. The van der Waals surface area contributed by atoms with Crippen LogP contribution < -0.4 is 10.6 Å². The van der Waals surface area contributed by atoms with Gasteiger partial charge in [0.25, 0.3) is 5.91 Å². The Balaban J connectivity index is 1.83. The molecule has 5 nitrogen and oxygen atoms in total. The van der Waals surface area contributed by atoms with E-state index >= 15 is 0 Å². The van der Waals surface area contributed by atoms with E-state index in [1.807, 2.05) is 13.0 Å². The predicted molar refractivity (Wildman–Crippen MR) is 83.4 cm³/mol. The number of hydrogen-bond donors (Lipinski definition) is 2. The molecule has 0 unspecified atom stereocenters. The number of pyridine rings is 1. The summed E-state index contributed by atoms with van der Waals surface area (Å²) in [5.41, 5.74) is 2.97. The van der Waals surface area contributed by atoms with Gasteiger partial charge in [0.2, 0.25) is 5.91 Å². The fourth-order valence-electron chi connectivity index (χ4n) is 2.21. The maximum absolute atomic E-state index is 12.3. The maximum atomic E-state index is 12.3. The average molecular weight is 346 g/mol. The van der Waals surface area contributed by atoms with E-state index in [-0.39, 0.29) is 11.8 Å². The number of carbonyl (C=O) groups excluding carboxylic acids is 2. The molecule has 2 N–H and O–H groups in total. The molecular weight excluding hydrogens is 334 g/mol. The second-order valence-corrected chi connectivity index (χ2v) is 5.79. The van der Waals surface area contributed by atoms with E-state index in [0.717, 1.165) is 15.6 Å².